The van der Waals surface area contributed by atoms with Crippen molar-refractivity contribution in [2.24, 2.45) is 0 Å². The molecule has 2 aliphatic rings. The van der Waals surface area contributed by atoms with Gasteiger partial charge in [0, 0.05) is 11.1 Å². The van der Waals surface area contributed by atoms with E-state index in [9.17, 15) is 9.90 Å². The number of halogens is 1. The Bertz CT molecular complexity index is 489. The van der Waals surface area contributed by atoms with Crippen molar-refractivity contribution in [2.75, 3.05) is 6.54 Å². The number of likely N-dealkylation sites (tertiary alicyclic amines) is 1. The van der Waals surface area contributed by atoms with E-state index in [4.69, 9.17) is 11.6 Å². The second kappa shape index (κ2) is 4.56. The maximum Gasteiger partial charge on any atom is 0.320 e. The Morgan fingerprint density at radius 2 is 2.22 bits per heavy atom. The number of carboxylic acids is 1. The molecule has 2 unspecified atom stereocenters. The van der Waals surface area contributed by atoms with E-state index in [1.54, 1.807) is 0 Å². The SMILES string of the molecule is O=C(O)C1CCCN1C1CCc2cc(Cl)ccc21. The van der Waals surface area contributed by atoms with Gasteiger partial charge in [0.25, 0.3) is 0 Å². The molecule has 4 heteroatoms. The molecule has 1 aliphatic heterocycles. The van der Waals surface area contributed by atoms with Crippen LogP contribution in [0.1, 0.15) is 36.4 Å². The molecular formula is C14H16ClNO2. The molecule has 0 radical (unpaired) electrons. The summed E-state index contributed by atoms with van der Waals surface area (Å²) in [6, 6.07) is 5.94. The lowest BCUT2D eigenvalue weighted by molar-refractivity contribution is -0.143. The molecule has 3 rings (SSSR count). The summed E-state index contributed by atoms with van der Waals surface area (Å²) in [7, 11) is 0. The molecule has 0 aromatic heterocycles. The molecule has 3 nitrogen and oxygen atoms in total. The number of hydrogen-bond acceptors (Lipinski definition) is 2. The predicted octanol–water partition coefficient (Wildman–Crippen LogP) is 2.88. The summed E-state index contributed by atoms with van der Waals surface area (Å²) in [5, 5.41) is 10.0. The highest BCUT2D eigenvalue weighted by molar-refractivity contribution is 6.30. The van der Waals surface area contributed by atoms with Crippen LogP contribution >= 0.6 is 11.6 Å². The van der Waals surface area contributed by atoms with E-state index in [0.29, 0.717) is 0 Å². The Hall–Kier alpha value is -1.06. The molecule has 1 aliphatic carbocycles. The van der Waals surface area contributed by atoms with E-state index in [0.717, 1.165) is 37.3 Å². The molecule has 1 aromatic carbocycles. The fourth-order valence-electron chi connectivity index (χ4n) is 3.34. The number of hydrogen-bond donors (Lipinski definition) is 1. The van der Waals surface area contributed by atoms with E-state index in [1.165, 1.54) is 11.1 Å². The summed E-state index contributed by atoms with van der Waals surface area (Å²) in [6.45, 7) is 0.893. The van der Waals surface area contributed by atoms with E-state index in [1.807, 2.05) is 12.1 Å². The number of rotatable bonds is 2. The van der Waals surface area contributed by atoms with Gasteiger partial charge in [-0.25, -0.2) is 0 Å². The van der Waals surface area contributed by atoms with Gasteiger partial charge in [-0.3, -0.25) is 9.69 Å². The highest BCUT2D eigenvalue weighted by atomic mass is 35.5. The van der Waals surface area contributed by atoms with Crippen LogP contribution in [0.25, 0.3) is 0 Å². The Kier molecular flexibility index (Phi) is 3.04. The van der Waals surface area contributed by atoms with Gasteiger partial charge >= 0.3 is 5.97 Å². The van der Waals surface area contributed by atoms with Crippen LogP contribution in [0.3, 0.4) is 0 Å². The lowest BCUT2D eigenvalue weighted by Gasteiger charge is -2.28. The lowest BCUT2D eigenvalue weighted by atomic mass is 10.1. The lowest BCUT2D eigenvalue weighted by Crippen LogP contribution is -2.38. The van der Waals surface area contributed by atoms with Crippen LogP contribution in [0.4, 0.5) is 0 Å². The van der Waals surface area contributed by atoms with Gasteiger partial charge in [-0.1, -0.05) is 17.7 Å². The summed E-state index contributed by atoms with van der Waals surface area (Å²) in [5.41, 5.74) is 2.55. The fraction of sp³-hybridized carbons (Fsp3) is 0.500. The van der Waals surface area contributed by atoms with Crippen LogP contribution in [-0.2, 0) is 11.2 Å². The fourth-order valence-corrected chi connectivity index (χ4v) is 3.53. The molecule has 1 N–H and O–H groups in total. The van der Waals surface area contributed by atoms with Gasteiger partial charge in [0.15, 0.2) is 0 Å². The van der Waals surface area contributed by atoms with Crippen molar-refractivity contribution in [3.8, 4) is 0 Å². The maximum atomic E-state index is 11.3. The first-order valence-electron chi connectivity index (χ1n) is 6.43. The van der Waals surface area contributed by atoms with Crippen LogP contribution in [0.15, 0.2) is 18.2 Å². The molecule has 1 saturated heterocycles. The number of carbonyl (C=O) groups is 1. The number of aliphatic carboxylic acids is 1. The monoisotopic (exact) mass is 265 g/mol. The summed E-state index contributed by atoms with van der Waals surface area (Å²) in [6.07, 6.45) is 3.77. The third kappa shape index (κ3) is 1.91. The van der Waals surface area contributed by atoms with Gasteiger partial charge in [0.05, 0.1) is 0 Å². The van der Waals surface area contributed by atoms with Gasteiger partial charge in [-0.15, -0.1) is 0 Å². The van der Waals surface area contributed by atoms with Gasteiger partial charge < -0.3 is 5.11 Å². The first-order chi connectivity index (χ1) is 8.66. The number of nitrogens with zero attached hydrogens (tertiary/aromatic N) is 1. The second-order valence-electron chi connectivity index (χ2n) is 5.13. The molecule has 18 heavy (non-hydrogen) atoms. The highest BCUT2D eigenvalue weighted by Gasteiger charge is 2.38. The minimum Gasteiger partial charge on any atom is -0.480 e. The van der Waals surface area contributed by atoms with Gasteiger partial charge in [-0.2, -0.15) is 0 Å². The van der Waals surface area contributed by atoms with Crippen LogP contribution < -0.4 is 0 Å². The number of fused-ring (bicyclic) bond motifs is 1. The molecular weight excluding hydrogens is 250 g/mol. The molecule has 2 atom stereocenters. The number of benzene rings is 1. The molecule has 1 fully saturated rings. The molecule has 0 bridgehead atoms. The Labute approximate surface area is 111 Å². The van der Waals surface area contributed by atoms with Gasteiger partial charge in [0.1, 0.15) is 6.04 Å². The molecule has 96 valence electrons. The third-order valence-electron chi connectivity index (χ3n) is 4.13. The first-order valence-corrected chi connectivity index (χ1v) is 6.81. The van der Waals surface area contributed by atoms with E-state index in [-0.39, 0.29) is 12.1 Å². The molecule has 0 saturated carbocycles. The number of carboxylic acid groups (broad SMARTS) is 1. The van der Waals surface area contributed by atoms with E-state index >= 15 is 0 Å². The summed E-state index contributed by atoms with van der Waals surface area (Å²) < 4.78 is 0. The average molecular weight is 266 g/mol. The van der Waals surface area contributed by atoms with Crippen LogP contribution in [0.2, 0.25) is 5.02 Å². The summed E-state index contributed by atoms with van der Waals surface area (Å²) in [5.74, 6) is -0.685. The third-order valence-corrected chi connectivity index (χ3v) is 4.37. The van der Waals surface area contributed by atoms with E-state index in [2.05, 4.69) is 11.0 Å². The van der Waals surface area contributed by atoms with Gasteiger partial charge in [0.2, 0.25) is 0 Å². The highest BCUT2D eigenvalue weighted by Crippen LogP contribution is 2.40. The van der Waals surface area contributed by atoms with Crippen LogP contribution in [-0.4, -0.2) is 28.6 Å². The van der Waals surface area contributed by atoms with Gasteiger partial charge in [-0.05, 0) is 55.5 Å². The topological polar surface area (TPSA) is 40.5 Å². The maximum absolute atomic E-state index is 11.3. The largest absolute Gasteiger partial charge is 0.480 e. The predicted molar refractivity (Wildman–Crippen MR) is 69.9 cm³/mol. The molecule has 0 amide bonds. The Morgan fingerprint density at radius 1 is 1.39 bits per heavy atom. The first kappa shape index (κ1) is 12.0. The minimum atomic E-state index is -0.685. The molecule has 1 aromatic rings. The van der Waals surface area contributed by atoms with Crippen molar-refractivity contribution in [3.05, 3.63) is 34.3 Å². The Balaban J connectivity index is 1.90. The smallest absolute Gasteiger partial charge is 0.320 e. The molecule has 1 heterocycles. The second-order valence-corrected chi connectivity index (χ2v) is 5.57. The quantitative estimate of drug-likeness (QED) is 0.894. The Morgan fingerprint density at radius 3 is 3.00 bits per heavy atom. The average Bonchev–Trinajstić information content (AvgIpc) is 2.92. The zero-order valence-electron chi connectivity index (χ0n) is 10.1. The van der Waals surface area contributed by atoms with Crippen molar-refractivity contribution in [2.45, 2.75) is 37.8 Å². The van der Waals surface area contributed by atoms with Crippen molar-refractivity contribution >= 4 is 17.6 Å². The summed E-state index contributed by atoms with van der Waals surface area (Å²) >= 11 is 6.00. The van der Waals surface area contributed by atoms with Crippen molar-refractivity contribution < 1.29 is 9.90 Å². The van der Waals surface area contributed by atoms with E-state index < -0.39 is 5.97 Å². The van der Waals surface area contributed by atoms with Crippen LogP contribution in [0, 0.1) is 0 Å². The molecule has 0 spiro atoms. The van der Waals surface area contributed by atoms with Crippen molar-refractivity contribution in [1.29, 1.82) is 0 Å². The summed E-state index contributed by atoms with van der Waals surface area (Å²) in [4.78, 5) is 13.4. The zero-order chi connectivity index (χ0) is 12.7. The standard InChI is InChI=1S/C14H16ClNO2/c15-10-4-5-11-9(8-10)3-6-12(11)16-7-1-2-13(16)14(17)18/h4-5,8,12-13H,1-3,6-7H2,(H,17,18). The number of aryl methyl sites for hydroxylation is 1. The van der Waals surface area contributed by atoms with Crippen LogP contribution in [0.5, 0.6) is 0 Å². The van der Waals surface area contributed by atoms with Crippen molar-refractivity contribution in [3.63, 3.8) is 0 Å². The van der Waals surface area contributed by atoms with Crippen molar-refractivity contribution in [1.82, 2.24) is 4.90 Å². The minimum absolute atomic E-state index is 0.265. The zero-order valence-corrected chi connectivity index (χ0v) is 10.9. The normalized spacial score (nSPS) is 27.4.